The lowest BCUT2D eigenvalue weighted by atomic mass is 10.1. The van der Waals surface area contributed by atoms with E-state index >= 15 is 0 Å². The van der Waals surface area contributed by atoms with Gasteiger partial charge in [0.05, 0.1) is 18.1 Å². The molecule has 0 fully saturated rings. The smallest absolute Gasteiger partial charge is 0.274 e. The third kappa shape index (κ3) is 5.32. The summed E-state index contributed by atoms with van der Waals surface area (Å²) in [7, 11) is 1.25. The summed E-state index contributed by atoms with van der Waals surface area (Å²) in [6.45, 7) is 0.358. The molecular weight excluding hydrogens is 362 g/mol. The monoisotopic (exact) mass is 381 g/mol. The molecule has 0 aliphatic heterocycles. The Labute approximate surface area is 161 Å². The van der Waals surface area contributed by atoms with Crippen molar-refractivity contribution in [2.45, 2.75) is 12.8 Å². The molecule has 0 saturated carbocycles. The fourth-order valence-corrected chi connectivity index (χ4v) is 2.52. The van der Waals surface area contributed by atoms with E-state index in [9.17, 15) is 25.3 Å². The molecule has 2 rings (SSSR count). The Morgan fingerprint density at radius 1 is 1.36 bits per heavy atom. The summed E-state index contributed by atoms with van der Waals surface area (Å²) >= 11 is 0. The van der Waals surface area contributed by atoms with Crippen LogP contribution in [-0.4, -0.2) is 29.6 Å². The largest absolute Gasteiger partial charge is 0.504 e. The first kappa shape index (κ1) is 20.5. The number of hydrogen-bond acceptors (Lipinski definition) is 6. The van der Waals surface area contributed by atoms with Crippen molar-refractivity contribution in [1.29, 1.82) is 5.26 Å². The highest BCUT2D eigenvalue weighted by atomic mass is 16.6. The Bertz CT molecular complexity index is 933. The third-order valence-corrected chi connectivity index (χ3v) is 3.96. The van der Waals surface area contributed by atoms with Crippen LogP contribution in [-0.2, 0) is 11.2 Å². The normalized spacial score (nSPS) is 10.8. The van der Waals surface area contributed by atoms with Gasteiger partial charge in [-0.2, -0.15) is 5.26 Å². The van der Waals surface area contributed by atoms with Gasteiger partial charge in [0.2, 0.25) is 0 Å². The van der Waals surface area contributed by atoms with Crippen LogP contribution in [0.2, 0.25) is 0 Å². The Balaban J connectivity index is 2.10. The fourth-order valence-electron chi connectivity index (χ4n) is 2.52. The summed E-state index contributed by atoms with van der Waals surface area (Å²) in [6, 6.07) is 13.6. The molecule has 8 heteroatoms. The maximum Gasteiger partial charge on any atom is 0.274 e. The fraction of sp³-hybridized carbons (Fsp3) is 0.200. The first-order chi connectivity index (χ1) is 13.5. The van der Waals surface area contributed by atoms with E-state index in [1.165, 1.54) is 7.11 Å². The molecule has 2 aromatic rings. The Morgan fingerprint density at radius 2 is 2.07 bits per heavy atom. The van der Waals surface area contributed by atoms with Gasteiger partial charge in [-0.1, -0.05) is 30.3 Å². The Morgan fingerprint density at radius 3 is 2.68 bits per heavy atom. The maximum absolute atomic E-state index is 12.2. The number of phenolic OH excluding ortho intramolecular Hbond substituents is 1. The molecule has 8 nitrogen and oxygen atoms in total. The van der Waals surface area contributed by atoms with Crippen LogP contribution in [0.3, 0.4) is 0 Å². The van der Waals surface area contributed by atoms with Crippen LogP contribution in [0.5, 0.6) is 11.5 Å². The van der Waals surface area contributed by atoms with Crippen molar-refractivity contribution in [3.8, 4) is 17.6 Å². The number of ether oxygens (including phenoxy) is 1. The number of methoxy groups -OCH3 is 1. The topological polar surface area (TPSA) is 125 Å². The molecule has 1 amide bonds. The number of aromatic hydroxyl groups is 1. The molecule has 0 atom stereocenters. The SMILES string of the molecule is COc1cc([N+](=O)[O-])cc(/C=C(/C#N)C(=O)NCCCc2ccccc2)c1O. The standard InChI is InChI=1S/C20H19N3O5/c1-28-18-12-17(23(26)27)11-15(19(18)24)10-16(13-21)20(25)22-9-5-8-14-6-3-2-4-7-14/h2-4,6-7,10-12,24H,5,8-9H2,1H3,(H,22,25)/b16-10-. The summed E-state index contributed by atoms with van der Waals surface area (Å²) in [4.78, 5) is 22.6. The minimum Gasteiger partial charge on any atom is -0.504 e. The number of nitrogens with zero attached hydrogens (tertiary/aromatic N) is 2. The average molecular weight is 381 g/mol. The molecule has 2 aromatic carbocycles. The summed E-state index contributed by atoms with van der Waals surface area (Å²) in [5.74, 6) is -1.14. The van der Waals surface area contributed by atoms with E-state index < -0.39 is 16.6 Å². The zero-order valence-corrected chi connectivity index (χ0v) is 15.2. The lowest BCUT2D eigenvalue weighted by Crippen LogP contribution is -2.25. The van der Waals surface area contributed by atoms with Crippen LogP contribution in [0.4, 0.5) is 5.69 Å². The second-order valence-electron chi connectivity index (χ2n) is 5.86. The number of aryl methyl sites for hydroxylation is 1. The van der Waals surface area contributed by atoms with Crippen molar-refractivity contribution in [2.24, 2.45) is 0 Å². The maximum atomic E-state index is 12.2. The van der Waals surface area contributed by atoms with E-state index in [-0.39, 0.29) is 22.6 Å². The molecule has 28 heavy (non-hydrogen) atoms. The number of nitriles is 1. The lowest BCUT2D eigenvalue weighted by Gasteiger charge is -2.08. The highest BCUT2D eigenvalue weighted by Crippen LogP contribution is 2.35. The molecule has 0 radical (unpaired) electrons. The van der Waals surface area contributed by atoms with Gasteiger partial charge in [0, 0.05) is 18.2 Å². The van der Waals surface area contributed by atoms with Crippen LogP contribution in [0.15, 0.2) is 48.0 Å². The molecular formula is C20H19N3O5. The van der Waals surface area contributed by atoms with Crippen LogP contribution in [0, 0.1) is 21.4 Å². The summed E-state index contributed by atoms with van der Waals surface area (Å²) in [5.41, 5.74) is 0.475. The van der Waals surface area contributed by atoms with Gasteiger partial charge in [-0.05, 0) is 24.5 Å². The van der Waals surface area contributed by atoms with Gasteiger partial charge in [-0.3, -0.25) is 14.9 Å². The van der Waals surface area contributed by atoms with Gasteiger partial charge >= 0.3 is 0 Å². The van der Waals surface area contributed by atoms with Crippen molar-refractivity contribution >= 4 is 17.7 Å². The Kier molecular flexibility index (Phi) is 7.11. The molecule has 0 unspecified atom stereocenters. The first-order valence-electron chi connectivity index (χ1n) is 8.45. The van der Waals surface area contributed by atoms with Gasteiger partial charge in [0.1, 0.15) is 11.6 Å². The zero-order chi connectivity index (χ0) is 20.5. The van der Waals surface area contributed by atoms with Gasteiger partial charge < -0.3 is 15.2 Å². The van der Waals surface area contributed by atoms with Gasteiger partial charge in [-0.15, -0.1) is 0 Å². The third-order valence-electron chi connectivity index (χ3n) is 3.96. The lowest BCUT2D eigenvalue weighted by molar-refractivity contribution is -0.385. The van der Waals surface area contributed by atoms with Crippen LogP contribution in [0.1, 0.15) is 17.5 Å². The van der Waals surface area contributed by atoms with Crippen LogP contribution >= 0.6 is 0 Å². The number of carbonyl (C=O) groups excluding carboxylic acids is 1. The number of amides is 1. The molecule has 144 valence electrons. The first-order valence-corrected chi connectivity index (χ1v) is 8.45. The summed E-state index contributed by atoms with van der Waals surface area (Å²) < 4.78 is 4.91. The van der Waals surface area contributed by atoms with E-state index in [1.54, 1.807) is 6.07 Å². The highest BCUT2D eigenvalue weighted by Gasteiger charge is 2.17. The molecule has 0 aliphatic carbocycles. The number of benzene rings is 2. The molecule has 2 N–H and O–H groups in total. The second kappa shape index (κ2) is 9.73. The van der Waals surface area contributed by atoms with E-state index in [1.807, 2.05) is 30.3 Å². The van der Waals surface area contributed by atoms with Crippen molar-refractivity contribution in [3.05, 3.63) is 69.3 Å². The van der Waals surface area contributed by atoms with Gasteiger partial charge in [0.15, 0.2) is 11.5 Å². The number of nitrogens with one attached hydrogen (secondary N) is 1. The number of carbonyl (C=O) groups is 1. The van der Waals surface area contributed by atoms with E-state index in [4.69, 9.17) is 4.74 Å². The Hall–Kier alpha value is -3.86. The van der Waals surface area contributed by atoms with Crippen molar-refractivity contribution in [1.82, 2.24) is 5.32 Å². The van der Waals surface area contributed by atoms with Gasteiger partial charge in [-0.25, -0.2) is 0 Å². The minimum absolute atomic E-state index is 0.0537. The average Bonchev–Trinajstić information content (AvgIpc) is 2.70. The number of non-ortho nitro benzene ring substituents is 1. The molecule has 0 saturated heterocycles. The number of nitro groups is 1. The van der Waals surface area contributed by atoms with E-state index in [0.29, 0.717) is 13.0 Å². The molecule has 0 bridgehead atoms. The van der Waals surface area contributed by atoms with Crippen molar-refractivity contribution in [2.75, 3.05) is 13.7 Å². The highest BCUT2D eigenvalue weighted by molar-refractivity contribution is 6.02. The number of rotatable bonds is 8. The molecule has 0 aliphatic rings. The predicted octanol–water partition coefficient (Wildman–Crippen LogP) is 2.96. The van der Waals surface area contributed by atoms with Crippen LogP contribution < -0.4 is 10.1 Å². The van der Waals surface area contributed by atoms with E-state index in [2.05, 4.69) is 5.32 Å². The molecule has 0 aromatic heterocycles. The molecule has 0 heterocycles. The minimum atomic E-state index is -0.658. The second-order valence-corrected chi connectivity index (χ2v) is 5.86. The number of phenols is 1. The van der Waals surface area contributed by atoms with Crippen LogP contribution in [0.25, 0.3) is 6.08 Å². The quantitative estimate of drug-likeness (QED) is 0.238. The van der Waals surface area contributed by atoms with Crippen molar-refractivity contribution < 1.29 is 19.6 Å². The van der Waals surface area contributed by atoms with Gasteiger partial charge in [0.25, 0.3) is 11.6 Å². The number of hydrogen-bond donors (Lipinski definition) is 2. The van der Waals surface area contributed by atoms with Crippen molar-refractivity contribution in [3.63, 3.8) is 0 Å². The molecule has 0 spiro atoms. The van der Waals surface area contributed by atoms with E-state index in [0.717, 1.165) is 30.2 Å². The summed E-state index contributed by atoms with van der Waals surface area (Å²) in [6.07, 6.45) is 2.55. The summed E-state index contributed by atoms with van der Waals surface area (Å²) in [5, 5.41) is 33.0. The number of nitro benzene ring substituents is 1. The zero-order valence-electron chi connectivity index (χ0n) is 15.2. The predicted molar refractivity (Wildman–Crippen MR) is 103 cm³/mol.